The monoisotopic (exact) mass is 276 g/mol. The molecule has 0 unspecified atom stereocenters. The highest BCUT2D eigenvalue weighted by Gasteiger charge is 2.22. The third-order valence-corrected chi connectivity index (χ3v) is 3.69. The highest BCUT2D eigenvalue weighted by atomic mass is 32.1. The number of hydrogen-bond donors (Lipinski definition) is 1. The molecule has 2 aromatic rings. The fraction of sp³-hybridized carbons (Fsp3) is 0.333. The zero-order valence-corrected chi connectivity index (χ0v) is 10.9. The second-order valence-electron chi connectivity index (χ2n) is 4.12. The number of hydrogen-bond acceptors (Lipinski definition) is 6. The Hall–Kier alpha value is -1.86. The molecule has 2 aromatic heterocycles. The van der Waals surface area contributed by atoms with Gasteiger partial charge in [-0.15, -0.1) is 10.2 Å². The Morgan fingerprint density at radius 1 is 1.42 bits per heavy atom. The van der Waals surface area contributed by atoms with Crippen molar-refractivity contribution in [3.05, 3.63) is 35.1 Å². The van der Waals surface area contributed by atoms with E-state index >= 15 is 0 Å². The standard InChI is InChI=1S/C12H12N4O2S/c17-10(8-4-1-2-6-13-8)14-12-16-15-11(19-12)9-5-3-7-18-9/h1-2,4,6,9H,3,5,7H2,(H,14,16,17)/t9-/m1/s1. The van der Waals surface area contributed by atoms with Crippen molar-refractivity contribution in [1.82, 2.24) is 15.2 Å². The van der Waals surface area contributed by atoms with Gasteiger partial charge in [0.2, 0.25) is 5.13 Å². The molecule has 1 amide bonds. The van der Waals surface area contributed by atoms with Crippen LogP contribution in [0.1, 0.15) is 34.4 Å². The van der Waals surface area contributed by atoms with Gasteiger partial charge >= 0.3 is 0 Å². The van der Waals surface area contributed by atoms with Crippen molar-refractivity contribution in [3.63, 3.8) is 0 Å². The summed E-state index contributed by atoms with van der Waals surface area (Å²) in [6, 6.07) is 5.18. The summed E-state index contributed by atoms with van der Waals surface area (Å²) < 4.78 is 5.52. The molecule has 19 heavy (non-hydrogen) atoms. The molecule has 1 atom stereocenters. The molecule has 6 nitrogen and oxygen atoms in total. The van der Waals surface area contributed by atoms with Gasteiger partial charge in [-0.1, -0.05) is 17.4 Å². The molecule has 1 aliphatic rings. The smallest absolute Gasteiger partial charge is 0.276 e. The molecular formula is C12H12N4O2S. The molecule has 0 saturated carbocycles. The fourth-order valence-corrected chi connectivity index (χ4v) is 2.67. The molecular weight excluding hydrogens is 264 g/mol. The van der Waals surface area contributed by atoms with Crippen molar-refractivity contribution in [1.29, 1.82) is 0 Å². The van der Waals surface area contributed by atoms with Gasteiger partial charge in [-0.2, -0.15) is 0 Å². The normalized spacial score (nSPS) is 18.4. The third-order valence-electron chi connectivity index (χ3n) is 2.76. The molecule has 7 heteroatoms. The molecule has 0 radical (unpaired) electrons. The molecule has 0 spiro atoms. The summed E-state index contributed by atoms with van der Waals surface area (Å²) in [4.78, 5) is 15.9. The molecule has 1 aliphatic heterocycles. The first-order chi connectivity index (χ1) is 9.33. The number of amides is 1. The van der Waals surface area contributed by atoms with E-state index in [2.05, 4.69) is 20.5 Å². The molecule has 98 valence electrons. The minimum atomic E-state index is -0.282. The van der Waals surface area contributed by atoms with Gasteiger partial charge < -0.3 is 4.74 Å². The molecule has 3 heterocycles. The van der Waals surface area contributed by atoms with Gasteiger partial charge in [0.25, 0.3) is 5.91 Å². The minimum Gasteiger partial charge on any atom is -0.371 e. The number of carbonyl (C=O) groups excluding carboxylic acids is 1. The van der Waals surface area contributed by atoms with Crippen LogP contribution in [-0.2, 0) is 4.74 Å². The van der Waals surface area contributed by atoms with Crippen molar-refractivity contribution in [2.75, 3.05) is 11.9 Å². The maximum absolute atomic E-state index is 11.9. The Balaban J connectivity index is 1.68. The number of carbonyl (C=O) groups is 1. The lowest BCUT2D eigenvalue weighted by atomic mass is 10.2. The van der Waals surface area contributed by atoms with Crippen LogP contribution in [0.3, 0.4) is 0 Å². The molecule has 3 rings (SSSR count). The van der Waals surface area contributed by atoms with E-state index in [1.54, 1.807) is 24.4 Å². The van der Waals surface area contributed by atoms with Gasteiger partial charge in [0.05, 0.1) is 0 Å². The summed E-state index contributed by atoms with van der Waals surface area (Å²) in [6.07, 6.45) is 3.60. The van der Waals surface area contributed by atoms with E-state index in [4.69, 9.17) is 4.74 Å². The van der Waals surface area contributed by atoms with E-state index in [1.165, 1.54) is 11.3 Å². The SMILES string of the molecule is O=C(Nc1nnc([C@H]2CCCO2)s1)c1ccccn1. The Bertz CT molecular complexity index is 566. The first kappa shape index (κ1) is 12.2. The summed E-state index contributed by atoms with van der Waals surface area (Å²) in [5.41, 5.74) is 0.358. The van der Waals surface area contributed by atoms with Gasteiger partial charge in [0.1, 0.15) is 16.8 Å². The van der Waals surface area contributed by atoms with Crippen LogP contribution in [0.2, 0.25) is 0 Å². The highest BCUT2D eigenvalue weighted by molar-refractivity contribution is 7.15. The van der Waals surface area contributed by atoms with Gasteiger partial charge in [0, 0.05) is 12.8 Å². The van der Waals surface area contributed by atoms with Crippen LogP contribution in [-0.4, -0.2) is 27.7 Å². The van der Waals surface area contributed by atoms with E-state index in [0.717, 1.165) is 24.5 Å². The first-order valence-corrected chi connectivity index (χ1v) is 6.82. The Labute approximate surface area is 113 Å². The summed E-state index contributed by atoms with van der Waals surface area (Å²) in [5, 5.41) is 12.0. The van der Waals surface area contributed by atoms with Gasteiger partial charge in [-0.3, -0.25) is 15.1 Å². The minimum absolute atomic E-state index is 0.0259. The first-order valence-electron chi connectivity index (χ1n) is 6.00. The maximum atomic E-state index is 11.9. The maximum Gasteiger partial charge on any atom is 0.276 e. The van der Waals surface area contributed by atoms with Gasteiger partial charge in [0.15, 0.2) is 0 Å². The number of aromatic nitrogens is 3. The lowest BCUT2D eigenvalue weighted by Crippen LogP contribution is -2.13. The van der Waals surface area contributed by atoms with E-state index in [1.807, 2.05) is 0 Å². The number of ether oxygens (including phenoxy) is 1. The zero-order chi connectivity index (χ0) is 13.1. The predicted octanol–water partition coefficient (Wildman–Crippen LogP) is 2.04. The van der Waals surface area contributed by atoms with E-state index < -0.39 is 0 Å². The number of anilines is 1. The average Bonchev–Trinajstić information content (AvgIpc) is 3.10. The summed E-state index contributed by atoms with van der Waals surface area (Å²) in [5.74, 6) is -0.282. The quantitative estimate of drug-likeness (QED) is 0.928. The van der Waals surface area contributed by atoms with Crippen molar-refractivity contribution in [2.45, 2.75) is 18.9 Å². The average molecular weight is 276 g/mol. The third kappa shape index (κ3) is 2.77. The molecule has 0 aliphatic carbocycles. The van der Waals surface area contributed by atoms with Crippen LogP contribution in [0.4, 0.5) is 5.13 Å². The number of rotatable bonds is 3. The second-order valence-corrected chi connectivity index (χ2v) is 5.13. The molecule has 1 fully saturated rings. The second kappa shape index (κ2) is 5.41. The van der Waals surface area contributed by atoms with E-state index in [-0.39, 0.29) is 12.0 Å². The topological polar surface area (TPSA) is 77.0 Å². The van der Waals surface area contributed by atoms with Crippen LogP contribution in [0, 0.1) is 0 Å². The molecule has 0 aromatic carbocycles. The number of pyridine rings is 1. The van der Waals surface area contributed by atoms with Crippen molar-refractivity contribution < 1.29 is 9.53 Å². The van der Waals surface area contributed by atoms with Crippen molar-refractivity contribution >= 4 is 22.4 Å². The Kier molecular flexibility index (Phi) is 3.47. The van der Waals surface area contributed by atoms with Crippen LogP contribution < -0.4 is 5.32 Å². The summed E-state index contributed by atoms with van der Waals surface area (Å²) >= 11 is 1.35. The number of nitrogens with zero attached hydrogens (tertiary/aromatic N) is 3. The van der Waals surface area contributed by atoms with Crippen molar-refractivity contribution in [3.8, 4) is 0 Å². The highest BCUT2D eigenvalue weighted by Crippen LogP contribution is 2.31. The Morgan fingerprint density at radius 2 is 2.37 bits per heavy atom. The lowest BCUT2D eigenvalue weighted by molar-refractivity contribution is 0.102. The lowest BCUT2D eigenvalue weighted by Gasteiger charge is -2.02. The number of nitrogens with one attached hydrogen (secondary N) is 1. The summed E-state index contributed by atoms with van der Waals surface area (Å²) in [6.45, 7) is 0.764. The fourth-order valence-electron chi connectivity index (χ4n) is 1.85. The van der Waals surface area contributed by atoms with Crippen LogP contribution in [0.25, 0.3) is 0 Å². The predicted molar refractivity (Wildman–Crippen MR) is 70.0 cm³/mol. The van der Waals surface area contributed by atoms with Gasteiger partial charge in [-0.05, 0) is 25.0 Å². The largest absolute Gasteiger partial charge is 0.371 e. The van der Waals surface area contributed by atoms with Crippen LogP contribution in [0.15, 0.2) is 24.4 Å². The molecule has 0 bridgehead atoms. The zero-order valence-electron chi connectivity index (χ0n) is 10.1. The van der Waals surface area contributed by atoms with Crippen molar-refractivity contribution in [2.24, 2.45) is 0 Å². The van der Waals surface area contributed by atoms with Crippen LogP contribution >= 0.6 is 11.3 Å². The molecule has 1 saturated heterocycles. The van der Waals surface area contributed by atoms with E-state index in [9.17, 15) is 4.79 Å². The van der Waals surface area contributed by atoms with E-state index in [0.29, 0.717) is 10.8 Å². The van der Waals surface area contributed by atoms with Crippen LogP contribution in [0.5, 0.6) is 0 Å². The molecule has 1 N–H and O–H groups in total. The summed E-state index contributed by atoms with van der Waals surface area (Å²) in [7, 11) is 0. The van der Waals surface area contributed by atoms with Gasteiger partial charge in [-0.25, -0.2) is 0 Å². The Morgan fingerprint density at radius 3 is 3.11 bits per heavy atom.